The van der Waals surface area contributed by atoms with Crippen molar-refractivity contribution < 1.29 is 9.53 Å². The number of hydrogen-bond donors (Lipinski definition) is 2. The molecule has 0 spiro atoms. The third-order valence-electron chi connectivity index (χ3n) is 4.48. The minimum atomic E-state index is -0.334. The van der Waals surface area contributed by atoms with Gasteiger partial charge in [-0.1, -0.05) is 26.7 Å². The maximum absolute atomic E-state index is 12.0. The van der Waals surface area contributed by atoms with Crippen molar-refractivity contribution in [2.24, 2.45) is 17.1 Å². The highest BCUT2D eigenvalue weighted by molar-refractivity contribution is 5.82. The molecule has 2 fully saturated rings. The van der Waals surface area contributed by atoms with Gasteiger partial charge in [0.15, 0.2) is 0 Å². The number of rotatable bonds is 6. The first kappa shape index (κ1) is 13.8. The summed E-state index contributed by atoms with van der Waals surface area (Å²) in [4.78, 5) is 12.0. The zero-order valence-corrected chi connectivity index (χ0v) is 11.7. The average molecular weight is 254 g/mol. The fourth-order valence-corrected chi connectivity index (χ4v) is 2.71. The van der Waals surface area contributed by atoms with Crippen molar-refractivity contribution >= 4 is 5.91 Å². The van der Waals surface area contributed by atoms with Gasteiger partial charge in [0.1, 0.15) is 0 Å². The van der Waals surface area contributed by atoms with E-state index in [-0.39, 0.29) is 29.5 Å². The molecule has 2 rings (SSSR count). The molecule has 0 aliphatic heterocycles. The second-order valence-electron chi connectivity index (χ2n) is 6.35. The highest BCUT2D eigenvalue weighted by atomic mass is 16.5. The predicted octanol–water partition coefficient (Wildman–Crippen LogP) is 1.43. The van der Waals surface area contributed by atoms with Crippen LogP contribution in [0, 0.1) is 11.3 Å². The summed E-state index contributed by atoms with van der Waals surface area (Å²) in [6, 6.07) is -0.133. The Morgan fingerprint density at radius 2 is 2.17 bits per heavy atom. The molecule has 4 nitrogen and oxygen atoms in total. The quantitative estimate of drug-likeness (QED) is 0.753. The molecule has 4 heteroatoms. The first-order valence-corrected chi connectivity index (χ1v) is 7.12. The number of ether oxygens (including phenoxy) is 1. The van der Waals surface area contributed by atoms with Crippen LogP contribution in [0.25, 0.3) is 0 Å². The zero-order valence-electron chi connectivity index (χ0n) is 11.7. The standard InChI is InChI=1S/C14H26N2O2/c1-4-18-12-8-11(14(12,2)3)16-13(17)10(15)7-9-5-6-9/h9-12H,4-8,15H2,1-3H3,(H,16,17). The molecular formula is C14H26N2O2. The van der Waals surface area contributed by atoms with Crippen LogP contribution < -0.4 is 11.1 Å². The van der Waals surface area contributed by atoms with Gasteiger partial charge in [-0.25, -0.2) is 0 Å². The van der Waals surface area contributed by atoms with Crippen LogP contribution in [0.4, 0.5) is 0 Å². The van der Waals surface area contributed by atoms with Crippen molar-refractivity contribution in [3.05, 3.63) is 0 Å². The highest BCUT2D eigenvalue weighted by Crippen LogP contribution is 2.42. The lowest BCUT2D eigenvalue weighted by Gasteiger charge is -2.51. The molecule has 1 amide bonds. The zero-order chi connectivity index (χ0) is 13.3. The third-order valence-corrected chi connectivity index (χ3v) is 4.48. The number of carbonyl (C=O) groups is 1. The van der Waals surface area contributed by atoms with Gasteiger partial charge in [0.05, 0.1) is 12.1 Å². The lowest BCUT2D eigenvalue weighted by molar-refractivity contribution is -0.137. The molecule has 3 unspecified atom stereocenters. The molecule has 0 aromatic rings. The highest BCUT2D eigenvalue weighted by Gasteiger charge is 2.49. The Kier molecular flexibility index (Phi) is 3.97. The number of carbonyl (C=O) groups excluding carboxylic acids is 1. The molecule has 0 aromatic heterocycles. The number of nitrogens with one attached hydrogen (secondary N) is 1. The van der Waals surface area contributed by atoms with Crippen LogP contribution in [0.15, 0.2) is 0 Å². The Bertz CT molecular complexity index is 313. The molecule has 18 heavy (non-hydrogen) atoms. The van der Waals surface area contributed by atoms with Crippen LogP contribution in [0.2, 0.25) is 0 Å². The minimum Gasteiger partial charge on any atom is -0.378 e. The van der Waals surface area contributed by atoms with Crippen LogP contribution >= 0.6 is 0 Å². The van der Waals surface area contributed by atoms with Crippen molar-refractivity contribution in [1.29, 1.82) is 0 Å². The summed E-state index contributed by atoms with van der Waals surface area (Å²) in [5.74, 6) is 0.700. The second kappa shape index (κ2) is 5.17. The van der Waals surface area contributed by atoms with Crippen molar-refractivity contribution in [3.63, 3.8) is 0 Å². The monoisotopic (exact) mass is 254 g/mol. The fraction of sp³-hybridized carbons (Fsp3) is 0.929. The first-order chi connectivity index (χ1) is 8.45. The van der Waals surface area contributed by atoms with E-state index in [1.54, 1.807) is 0 Å². The van der Waals surface area contributed by atoms with Crippen molar-refractivity contribution in [1.82, 2.24) is 5.32 Å². The summed E-state index contributed by atoms with van der Waals surface area (Å²) in [6.45, 7) is 7.03. The molecule has 2 aliphatic rings. The van der Waals surface area contributed by atoms with Crippen molar-refractivity contribution in [2.45, 2.75) is 64.6 Å². The second-order valence-corrected chi connectivity index (χ2v) is 6.35. The largest absolute Gasteiger partial charge is 0.378 e. The first-order valence-electron chi connectivity index (χ1n) is 7.12. The molecule has 3 N–H and O–H groups in total. The van der Waals surface area contributed by atoms with Gasteiger partial charge in [0.25, 0.3) is 0 Å². The number of amides is 1. The van der Waals surface area contributed by atoms with E-state index in [2.05, 4.69) is 19.2 Å². The molecule has 0 saturated heterocycles. The van der Waals surface area contributed by atoms with Crippen LogP contribution in [-0.2, 0) is 9.53 Å². The smallest absolute Gasteiger partial charge is 0.237 e. The molecule has 0 radical (unpaired) electrons. The van der Waals surface area contributed by atoms with E-state index in [9.17, 15) is 4.79 Å². The van der Waals surface area contributed by atoms with E-state index < -0.39 is 0 Å². The van der Waals surface area contributed by atoms with E-state index >= 15 is 0 Å². The molecule has 2 aliphatic carbocycles. The molecule has 2 saturated carbocycles. The Morgan fingerprint density at radius 1 is 1.50 bits per heavy atom. The average Bonchev–Trinajstić information content (AvgIpc) is 3.11. The van der Waals surface area contributed by atoms with Crippen LogP contribution in [-0.4, -0.2) is 30.7 Å². The normalized spacial score (nSPS) is 31.6. The van der Waals surface area contributed by atoms with Gasteiger partial charge in [-0.05, 0) is 25.7 Å². The Morgan fingerprint density at radius 3 is 2.67 bits per heavy atom. The van der Waals surface area contributed by atoms with Gasteiger partial charge in [-0.2, -0.15) is 0 Å². The van der Waals surface area contributed by atoms with E-state index in [1.165, 1.54) is 12.8 Å². The number of nitrogens with two attached hydrogens (primary N) is 1. The van der Waals surface area contributed by atoms with Gasteiger partial charge in [-0.15, -0.1) is 0 Å². The van der Waals surface area contributed by atoms with Crippen LogP contribution in [0.3, 0.4) is 0 Å². The molecular weight excluding hydrogens is 228 g/mol. The number of hydrogen-bond acceptors (Lipinski definition) is 3. The minimum absolute atomic E-state index is 0.00919. The summed E-state index contributed by atoms with van der Waals surface area (Å²) in [5, 5.41) is 3.08. The van der Waals surface area contributed by atoms with Gasteiger partial charge in [0, 0.05) is 18.1 Å². The van der Waals surface area contributed by atoms with Crippen LogP contribution in [0.1, 0.15) is 46.5 Å². The molecule has 0 aromatic carbocycles. The molecule has 0 bridgehead atoms. The van der Waals surface area contributed by atoms with Crippen LogP contribution in [0.5, 0.6) is 0 Å². The third kappa shape index (κ3) is 2.86. The Hall–Kier alpha value is -0.610. The summed E-state index contributed by atoms with van der Waals surface area (Å²) in [6.07, 6.45) is 4.48. The van der Waals surface area contributed by atoms with E-state index in [1.807, 2.05) is 6.92 Å². The lowest BCUT2D eigenvalue weighted by atomic mass is 9.64. The summed E-state index contributed by atoms with van der Waals surface area (Å²) >= 11 is 0. The van der Waals surface area contributed by atoms with Gasteiger partial charge in [0.2, 0.25) is 5.91 Å². The lowest BCUT2D eigenvalue weighted by Crippen LogP contribution is -2.63. The summed E-state index contributed by atoms with van der Waals surface area (Å²) < 4.78 is 5.66. The summed E-state index contributed by atoms with van der Waals surface area (Å²) in [5.41, 5.74) is 5.94. The Balaban J connectivity index is 1.77. The van der Waals surface area contributed by atoms with Gasteiger partial charge in [-0.3, -0.25) is 4.79 Å². The summed E-state index contributed by atoms with van der Waals surface area (Å²) in [7, 11) is 0. The van der Waals surface area contributed by atoms with E-state index in [0.717, 1.165) is 19.4 Å². The predicted molar refractivity (Wildman–Crippen MR) is 71.1 cm³/mol. The fourth-order valence-electron chi connectivity index (χ4n) is 2.71. The SMILES string of the molecule is CCOC1CC(NC(=O)C(N)CC2CC2)C1(C)C. The van der Waals surface area contributed by atoms with E-state index in [0.29, 0.717) is 5.92 Å². The maximum atomic E-state index is 12.0. The van der Waals surface area contributed by atoms with E-state index in [4.69, 9.17) is 10.5 Å². The van der Waals surface area contributed by atoms with Crippen molar-refractivity contribution in [3.8, 4) is 0 Å². The topological polar surface area (TPSA) is 64.3 Å². The molecule has 104 valence electrons. The van der Waals surface area contributed by atoms with Crippen molar-refractivity contribution in [2.75, 3.05) is 6.61 Å². The molecule has 0 heterocycles. The molecule has 3 atom stereocenters. The van der Waals surface area contributed by atoms with Gasteiger partial charge >= 0.3 is 0 Å². The maximum Gasteiger partial charge on any atom is 0.237 e. The Labute approximate surface area is 110 Å². The van der Waals surface area contributed by atoms with Gasteiger partial charge < -0.3 is 15.8 Å².